The SMILES string of the molecule is CC(C)C(C(=O)O)N1C(=O)/C(=C/c2cccn2C)SC1=S. The highest BCUT2D eigenvalue weighted by atomic mass is 32.2. The number of carboxylic acids is 1. The molecule has 1 fully saturated rings. The standard InChI is InChI=1S/C14H16N2O3S2/c1-8(2)11(13(18)19)16-12(17)10(21-14(16)20)7-9-5-4-6-15(9)3/h4-8,11H,1-3H3,(H,18,19)/b10-7-. The van der Waals surface area contributed by atoms with Crippen LogP contribution in [0.15, 0.2) is 23.2 Å². The van der Waals surface area contributed by atoms with E-state index in [9.17, 15) is 14.7 Å². The molecular weight excluding hydrogens is 308 g/mol. The van der Waals surface area contributed by atoms with Crippen molar-refractivity contribution >= 4 is 46.3 Å². The molecule has 1 aliphatic heterocycles. The second-order valence-electron chi connectivity index (χ2n) is 5.12. The van der Waals surface area contributed by atoms with E-state index >= 15 is 0 Å². The zero-order chi connectivity index (χ0) is 15.7. The first kappa shape index (κ1) is 15.8. The number of thiocarbonyl (C=S) groups is 1. The Hall–Kier alpha value is -1.60. The van der Waals surface area contributed by atoms with E-state index in [0.29, 0.717) is 9.23 Å². The van der Waals surface area contributed by atoms with Crippen LogP contribution >= 0.6 is 24.0 Å². The molecule has 0 saturated carbocycles. The zero-order valence-corrected chi connectivity index (χ0v) is 13.6. The number of carbonyl (C=O) groups is 2. The van der Waals surface area contributed by atoms with Crippen LogP contribution in [0.5, 0.6) is 0 Å². The number of aryl methyl sites for hydroxylation is 1. The van der Waals surface area contributed by atoms with Gasteiger partial charge in [0, 0.05) is 18.9 Å². The van der Waals surface area contributed by atoms with E-state index in [4.69, 9.17) is 12.2 Å². The maximum absolute atomic E-state index is 12.5. The van der Waals surface area contributed by atoms with Crippen LogP contribution in [-0.4, -0.2) is 36.8 Å². The Morgan fingerprint density at radius 3 is 2.62 bits per heavy atom. The van der Waals surface area contributed by atoms with Gasteiger partial charge < -0.3 is 9.67 Å². The maximum atomic E-state index is 12.5. The fraction of sp³-hybridized carbons (Fsp3) is 0.357. The predicted molar refractivity (Wildman–Crippen MR) is 86.7 cm³/mol. The van der Waals surface area contributed by atoms with Gasteiger partial charge in [-0.25, -0.2) is 4.79 Å². The van der Waals surface area contributed by atoms with Crippen molar-refractivity contribution in [3.63, 3.8) is 0 Å². The van der Waals surface area contributed by atoms with Crippen LogP contribution in [0.4, 0.5) is 0 Å². The van der Waals surface area contributed by atoms with Crippen molar-refractivity contribution in [2.45, 2.75) is 19.9 Å². The van der Waals surface area contributed by atoms with Gasteiger partial charge in [0.05, 0.1) is 4.91 Å². The fourth-order valence-corrected chi connectivity index (χ4v) is 3.49. The maximum Gasteiger partial charge on any atom is 0.327 e. The normalized spacial score (nSPS) is 18.9. The van der Waals surface area contributed by atoms with E-state index in [1.54, 1.807) is 19.9 Å². The number of amides is 1. The molecule has 1 saturated heterocycles. The molecule has 1 atom stereocenters. The summed E-state index contributed by atoms with van der Waals surface area (Å²) in [6, 6.07) is 2.82. The minimum absolute atomic E-state index is 0.223. The number of hydrogen-bond donors (Lipinski definition) is 1. The van der Waals surface area contributed by atoms with Crippen LogP contribution in [0.3, 0.4) is 0 Å². The lowest BCUT2D eigenvalue weighted by molar-refractivity contribution is -0.146. The van der Waals surface area contributed by atoms with E-state index in [2.05, 4.69) is 0 Å². The highest BCUT2D eigenvalue weighted by Crippen LogP contribution is 2.35. The molecule has 112 valence electrons. The highest BCUT2D eigenvalue weighted by Gasteiger charge is 2.41. The summed E-state index contributed by atoms with van der Waals surface area (Å²) >= 11 is 6.34. The third-order valence-corrected chi connectivity index (χ3v) is 4.58. The summed E-state index contributed by atoms with van der Waals surface area (Å²) in [5, 5.41) is 9.34. The van der Waals surface area contributed by atoms with Crippen molar-refractivity contribution in [1.82, 2.24) is 9.47 Å². The summed E-state index contributed by atoms with van der Waals surface area (Å²) in [5.74, 6) is -1.60. The Kier molecular flexibility index (Phi) is 4.53. The lowest BCUT2D eigenvalue weighted by Crippen LogP contribution is -2.47. The molecule has 0 spiro atoms. The molecule has 0 aliphatic carbocycles. The first-order valence-corrected chi connectivity index (χ1v) is 7.66. The molecular formula is C14H16N2O3S2. The van der Waals surface area contributed by atoms with Crippen molar-refractivity contribution in [2.75, 3.05) is 0 Å². The highest BCUT2D eigenvalue weighted by molar-refractivity contribution is 8.26. The number of thioether (sulfide) groups is 1. The topological polar surface area (TPSA) is 62.5 Å². The second-order valence-corrected chi connectivity index (χ2v) is 6.80. The minimum atomic E-state index is -1.04. The number of aliphatic carboxylic acids is 1. The molecule has 2 heterocycles. The minimum Gasteiger partial charge on any atom is -0.480 e. The van der Waals surface area contributed by atoms with Crippen molar-refractivity contribution in [2.24, 2.45) is 13.0 Å². The van der Waals surface area contributed by atoms with Gasteiger partial charge in [0.25, 0.3) is 5.91 Å². The number of rotatable bonds is 4. The van der Waals surface area contributed by atoms with E-state index in [0.717, 1.165) is 17.5 Å². The number of carbonyl (C=O) groups excluding carboxylic acids is 1. The molecule has 1 amide bonds. The fourth-order valence-electron chi connectivity index (χ4n) is 2.17. The van der Waals surface area contributed by atoms with Crippen LogP contribution in [0.25, 0.3) is 6.08 Å². The van der Waals surface area contributed by atoms with Gasteiger partial charge in [-0.2, -0.15) is 0 Å². The summed E-state index contributed by atoms with van der Waals surface area (Å²) in [4.78, 5) is 25.6. The third-order valence-electron chi connectivity index (χ3n) is 3.25. The average Bonchev–Trinajstić information content (AvgIpc) is 2.88. The lowest BCUT2D eigenvalue weighted by atomic mass is 10.0. The molecule has 1 aromatic rings. The van der Waals surface area contributed by atoms with Crippen LogP contribution in [0.1, 0.15) is 19.5 Å². The largest absolute Gasteiger partial charge is 0.480 e. The first-order chi connectivity index (χ1) is 9.82. The van der Waals surface area contributed by atoms with Crippen LogP contribution in [-0.2, 0) is 16.6 Å². The molecule has 5 nitrogen and oxygen atoms in total. The van der Waals surface area contributed by atoms with Gasteiger partial charge in [0.15, 0.2) is 0 Å². The Bertz CT molecular complexity index is 634. The van der Waals surface area contributed by atoms with Gasteiger partial charge in [0.1, 0.15) is 10.4 Å². The molecule has 0 aromatic carbocycles. The first-order valence-electron chi connectivity index (χ1n) is 6.44. The molecule has 1 unspecified atom stereocenters. The monoisotopic (exact) mass is 324 g/mol. The molecule has 1 aromatic heterocycles. The molecule has 2 rings (SSSR count). The quantitative estimate of drug-likeness (QED) is 0.680. The zero-order valence-electron chi connectivity index (χ0n) is 11.9. The molecule has 1 N–H and O–H groups in total. The van der Waals surface area contributed by atoms with E-state index in [1.165, 1.54) is 4.90 Å². The summed E-state index contributed by atoms with van der Waals surface area (Å²) in [7, 11) is 1.88. The van der Waals surface area contributed by atoms with E-state index in [1.807, 2.05) is 29.9 Å². The summed E-state index contributed by atoms with van der Waals surface area (Å²) in [6.07, 6.45) is 3.61. The number of nitrogens with zero attached hydrogens (tertiary/aromatic N) is 2. The average molecular weight is 324 g/mol. The smallest absolute Gasteiger partial charge is 0.327 e. The molecule has 0 radical (unpaired) electrons. The van der Waals surface area contributed by atoms with Gasteiger partial charge in [0.2, 0.25) is 0 Å². The third kappa shape index (κ3) is 3.03. The van der Waals surface area contributed by atoms with Crippen LogP contribution in [0, 0.1) is 5.92 Å². The Balaban J connectivity index is 2.34. The summed E-state index contributed by atoms with van der Waals surface area (Å²) < 4.78 is 2.17. The number of hydrogen-bond acceptors (Lipinski definition) is 4. The van der Waals surface area contributed by atoms with Gasteiger partial charge in [-0.1, -0.05) is 37.8 Å². The van der Waals surface area contributed by atoms with Gasteiger partial charge in [-0.05, 0) is 24.1 Å². The summed E-state index contributed by atoms with van der Waals surface area (Å²) in [6.45, 7) is 3.52. The Labute approximate surface area is 132 Å². The summed E-state index contributed by atoms with van der Waals surface area (Å²) in [5.41, 5.74) is 0.868. The Morgan fingerprint density at radius 2 is 2.14 bits per heavy atom. The Morgan fingerprint density at radius 1 is 1.48 bits per heavy atom. The van der Waals surface area contributed by atoms with Crippen LogP contribution in [0.2, 0.25) is 0 Å². The van der Waals surface area contributed by atoms with Gasteiger partial charge >= 0.3 is 5.97 Å². The van der Waals surface area contributed by atoms with Gasteiger partial charge in [-0.15, -0.1) is 0 Å². The molecule has 1 aliphatic rings. The van der Waals surface area contributed by atoms with E-state index in [-0.39, 0.29) is 11.8 Å². The molecule has 21 heavy (non-hydrogen) atoms. The van der Waals surface area contributed by atoms with Gasteiger partial charge in [-0.3, -0.25) is 9.69 Å². The van der Waals surface area contributed by atoms with Crippen molar-refractivity contribution < 1.29 is 14.7 Å². The van der Waals surface area contributed by atoms with E-state index < -0.39 is 12.0 Å². The van der Waals surface area contributed by atoms with Crippen molar-refractivity contribution in [3.8, 4) is 0 Å². The molecule has 0 bridgehead atoms. The lowest BCUT2D eigenvalue weighted by Gasteiger charge is -2.26. The van der Waals surface area contributed by atoms with Crippen LogP contribution < -0.4 is 0 Å². The predicted octanol–water partition coefficient (Wildman–Crippen LogP) is 2.34. The number of carboxylic acid groups (broad SMARTS) is 1. The second kappa shape index (κ2) is 6.03. The van der Waals surface area contributed by atoms with Crippen molar-refractivity contribution in [1.29, 1.82) is 0 Å². The number of aromatic nitrogens is 1. The molecule has 7 heteroatoms. The van der Waals surface area contributed by atoms with Crippen molar-refractivity contribution in [3.05, 3.63) is 28.9 Å².